The normalized spacial score (nSPS) is 11.2. The van der Waals surface area contributed by atoms with Crippen LogP contribution in [0.1, 0.15) is 16.8 Å². The number of nitrogens with zero attached hydrogens (tertiary/aromatic N) is 2. The van der Waals surface area contributed by atoms with Crippen LogP contribution in [-0.2, 0) is 0 Å². The van der Waals surface area contributed by atoms with Crippen molar-refractivity contribution in [2.75, 3.05) is 0 Å². The van der Waals surface area contributed by atoms with E-state index in [4.69, 9.17) is 4.98 Å². The van der Waals surface area contributed by atoms with E-state index >= 15 is 0 Å². The molecule has 0 saturated heterocycles. The molecule has 2 heteroatoms. The average molecular weight is 222 g/mol. The lowest BCUT2D eigenvalue weighted by Crippen LogP contribution is -1.95. The molecule has 2 aromatic heterocycles. The van der Waals surface area contributed by atoms with Gasteiger partial charge in [0.2, 0.25) is 0 Å². The molecular weight excluding hydrogens is 208 g/mol. The molecule has 3 aromatic rings. The van der Waals surface area contributed by atoms with E-state index in [0.29, 0.717) is 0 Å². The summed E-state index contributed by atoms with van der Waals surface area (Å²) in [6.45, 7) is 6.34. The fourth-order valence-corrected chi connectivity index (χ4v) is 2.27. The highest BCUT2D eigenvalue weighted by atomic mass is 14.7. The summed E-state index contributed by atoms with van der Waals surface area (Å²) in [4.78, 5) is 9.16. The third kappa shape index (κ3) is 1.41. The molecule has 0 N–H and O–H groups in total. The number of hydrogen-bond donors (Lipinski definition) is 0. The number of aromatic nitrogens is 2. The number of fused-ring (bicyclic) bond motifs is 3. The second kappa shape index (κ2) is 3.52. The van der Waals surface area contributed by atoms with Gasteiger partial charge in [0.15, 0.2) is 0 Å². The van der Waals surface area contributed by atoms with Crippen LogP contribution in [0.15, 0.2) is 30.5 Å². The van der Waals surface area contributed by atoms with Crippen LogP contribution in [0.5, 0.6) is 0 Å². The Bertz CT molecular complexity index is 730. The predicted octanol–water partition coefficient (Wildman–Crippen LogP) is 3.71. The number of pyridine rings is 2. The first-order chi connectivity index (χ1) is 8.18. The highest BCUT2D eigenvalue weighted by Crippen LogP contribution is 2.27. The maximum absolute atomic E-state index is 4.70. The second-order valence-electron chi connectivity index (χ2n) is 4.48. The monoisotopic (exact) mass is 222 g/mol. The molecule has 2 heterocycles. The Morgan fingerprint density at radius 1 is 0.882 bits per heavy atom. The zero-order valence-electron chi connectivity index (χ0n) is 10.3. The van der Waals surface area contributed by atoms with Crippen LogP contribution in [0.4, 0.5) is 0 Å². The molecule has 0 aliphatic carbocycles. The number of rotatable bonds is 0. The van der Waals surface area contributed by atoms with Gasteiger partial charge in [0.05, 0.1) is 11.0 Å². The Kier molecular flexibility index (Phi) is 2.11. The SMILES string of the molecule is Cc1nc2c(ccc3cccnc32)c(C)c1C. The van der Waals surface area contributed by atoms with Crippen LogP contribution >= 0.6 is 0 Å². The summed E-state index contributed by atoms with van der Waals surface area (Å²) >= 11 is 0. The van der Waals surface area contributed by atoms with Crippen molar-refractivity contribution in [1.29, 1.82) is 0 Å². The van der Waals surface area contributed by atoms with E-state index < -0.39 is 0 Å². The molecule has 3 rings (SSSR count). The Balaban J connectivity index is 2.59. The standard InChI is InChI=1S/C15H14N2/c1-9-10(2)13-7-6-12-5-4-8-16-14(12)15(13)17-11(9)3/h4-8H,1-3H3. The minimum Gasteiger partial charge on any atom is -0.254 e. The molecule has 0 radical (unpaired) electrons. The number of benzene rings is 1. The molecule has 0 spiro atoms. The maximum atomic E-state index is 4.70. The van der Waals surface area contributed by atoms with Crippen molar-refractivity contribution >= 4 is 21.8 Å². The highest BCUT2D eigenvalue weighted by Gasteiger charge is 2.08. The van der Waals surface area contributed by atoms with Gasteiger partial charge in [-0.05, 0) is 38.0 Å². The first kappa shape index (κ1) is 10.2. The zero-order chi connectivity index (χ0) is 12.0. The molecule has 84 valence electrons. The molecule has 0 atom stereocenters. The van der Waals surface area contributed by atoms with Crippen molar-refractivity contribution in [1.82, 2.24) is 9.97 Å². The van der Waals surface area contributed by atoms with Crippen molar-refractivity contribution in [2.45, 2.75) is 20.8 Å². The summed E-state index contributed by atoms with van der Waals surface area (Å²) in [5.41, 5.74) is 5.68. The predicted molar refractivity (Wildman–Crippen MR) is 71.3 cm³/mol. The Labute approximate surface area is 100 Å². The van der Waals surface area contributed by atoms with Crippen molar-refractivity contribution in [3.63, 3.8) is 0 Å². The molecule has 0 aliphatic rings. The summed E-state index contributed by atoms with van der Waals surface area (Å²) in [6.07, 6.45) is 1.83. The first-order valence-corrected chi connectivity index (χ1v) is 5.80. The van der Waals surface area contributed by atoms with Crippen molar-refractivity contribution in [3.8, 4) is 0 Å². The van der Waals surface area contributed by atoms with Crippen LogP contribution in [0.3, 0.4) is 0 Å². The molecule has 17 heavy (non-hydrogen) atoms. The average Bonchev–Trinajstić information content (AvgIpc) is 2.36. The van der Waals surface area contributed by atoms with E-state index in [2.05, 4.69) is 44.0 Å². The quantitative estimate of drug-likeness (QED) is 0.542. The molecule has 2 nitrogen and oxygen atoms in total. The van der Waals surface area contributed by atoms with Gasteiger partial charge in [0.1, 0.15) is 0 Å². The van der Waals surface area contributed by atoms with Crippen LogP contribution in [-0.4, -0.2) is 9.97 Å². The Morgan fingerprint density at radius 2 is 1.71 bits per heavy atom. The summed E-state index contributed by atoms with van der Waals surface area (Å²) < 4.78 is 0. The van der Waals surface area contributed by atoms with Crippen molar-refractivity contribution < 1.29 is 0 Å². The minimum atomic E-state index is 0.996. The van der Waals surface area contributed by atoms with E-state index in [1.54, 1.807) is 0 Å². The molecule has 0 bridgehead atoms. The third-order valence-electron chi connectivity index (χ3n) is 3.54. The third-order valence-corrected chi connectivity index (χ3v) is 3.54. The Hall–Kier alpha value is -1.96. The molecule has 1 aromatic carbocycles. The summed E-state index contributed by atoms with van der Waals surface area (Å²) in [5.74, 6) is 0. The maximum Gasteiger partial charge on any atom is 0.0970 e. The number of hydrogen-bond acceptors (Lipinski definition) is 2. The summed E-state index contributed by atoms with van der Waals surface area (Å²) in [5, 5.41) is 2.36. The fourth-order valence-electron chi connectivity index (χ4n) is 2.27. The van der Waals surface area contributed by atoms with E-state index in [0.717, 1.165) is 22.1 Å². The smallest absolute Gasteiger partial charge is 0.0970 e. The highest BCUT2D eigenvalue weighted by molar-refractivity contribution is 6.04. The molecule has 0 saturated carbocycles. The van der Waals surface area contributed by atoms with Crippen LogP contribution < -0.4 is 0 Å². The zero-order valence-corrected chi connectivity index (χ0v) is 10.3. The van der Waals surface area contributed by atoms with Crippen LogP contribution in [0.25, 0.3) is 21.8 Å². The topological polar surface area (TPSA) is 25.8 Å². The first-order valence-electron chi connectivity index (χ1n) is 5.80. The minimum absolute atomic E-state index is 0.996. The van der Waals surface area contributed by atoms with Gasteiger partial charge in [-0.3, -0.25) is 9.97 Å². The molecule has 0 unspecified atom stereocenters. The van der Waals surface area contributed by atoms with Gasteiger partial charge in [0.25, 0.3) is 0 Å². The lowest BCUT2D eigenvalue weighted by molar-refractivity contribution is 1.17. The summed E-state index contributed by atoms with van der Waals surface area (Å²) in [6, 6.07) is 8.30. The van der Waals surface area contributed by atoms with Crippen molar-refractivity contribution in [3.05, 3.63) is 47.3 Å². The molecule has 0 amide bonds. The second-order valence-corrected chi connectivity index (χ2v) is 4.48. The fraction of sp³-hybridized carbons (Fsp3) is 0.200. The molecule has 0 aliphatic heterocycles. The van der Waals surface area contributed by atoms with Gasteiger partial charge in [-0.2, -0.15) is 0 Å². The largest absolute Gasteiger partial charge is 0.254 e. The van der Waals surface area contributed by atoms with E-state index in [1.807, 2.05) is 12.3 Å². The van der Waals surface area contributed by atoms with Crippen LogP contribution in [0.2, 0.25) is 0 Å². The van der Waals surface area contributed by atoms with Gasteiger partial charge in [-0.1, -0.05) is 18.2 Å². The van der Waals surface area contributed by atoms with Gasteiger partial charge < -0.3 is 0 Å². The Morgan fingerprint density at radius 3 is 2.53 bits per heavy atom. The number of aryl methyl sites for hydroxylation is 2. The van der Waals surface area contributed by atoms with Gasteiger partial charge >= 0.3 is 0 Å². The van der Waals surface area contributed by atoms with E-state index in [1.165, 1.54) is 16.5 Å². The van der Waals surface area contributed by atoms with Gasteiger partial charge in [0, 0.05) is 22.7 Å². The lowest BCUT2D eigenvalue weighted by atomic mass is 10.0. The van der Waals surface area contributed by atoms with Crippen molar-refractivity contribution in [2.24, 2.45) is 0 Å². The van der Waals surface area contributed by atoms with Gasteiger partial charge in [-0.25, -0.2) is 0 Å². The summed E-state index contributed by atoms with van der Waals surface area (Å²) in [7, 11) is 0. The lowest BCUT2D eigenvalue weighted by Gasteiger charge is -2.10. The van der Waals surface area contributed by atoms with Gasteiger partial charge in [-0.15, -0.1) is 0 Å². The van der Waals surface area contributed by atoms with E-state index in [9.17, 15) is 0 Å². The van der Waals surface area contributed by atoms with E-state index in [-0.39, 0.29) is 0 Å². The van der Waals surface area contributed by atoms with Crippen LogP contribution in [0, 0.1) is 20.8 Å². The molecular formula is C15H14N2. The molecule has 0 fully saturated rings.